The van der Waals surface area contributed by atoms with Gasteiger partial charge in [-0.3, -0.25) is 9.59 Å². The molecule has 102 valence electrons. The lowest BCUT2D eigenvalue weighted by atomic mass is 9.95. The van der Waals surface area contributed by atoms with E-state index in [2.05, 4.69) is 5.32 Å². The van der Waals surface area contributed by atoms with Gasteiger partial charge in [0.05, 0.1) is 11.8 Å². The highest BCUT2D eigenvalue weighted by atomic mass is 35.5. The van der Waals surface area contributed by atoms with Crippen LogP contribution < -0.4 is 5.32 Å². The zero-order valence-corrected chi connectivity index (χ0v) is 11.2. The van der Waals surface area contributed by atoms with Crippen molar-refractivity contribution in [2.75, 3.05) is 0 Å². The molecular weight excluding hydrogens is 266 g/mol. The molecule has 5 heteroatoms. The highest BCUT2D eigenvalue weighted by Gasteiger charge is 2.37. The van der Waals surface area contributed by atoms with Crippen molar-refractivity contribution in [3.8, 4) is 0 Å². The van der Waals surface area contributed by atoms with Crippen molar-refractivity contribution in [2.24, 2.45) is 11.8 Å². The van der Waals surface area contributed by atoms with Crippen LogP contribution in [-0.2, 0) is 16.1 Å². The standard InChI is InChI=1S/C14H16ClNO3/c15-12-7-2-1-4-9(12)8-16-13(17)10-5-3-6-11(10)14(18)19/h1-2,4,7,10-11H,3,5-6,8H2,(H,16,17)(H,18,19)/t10-,11+/m1/s1. The number of carbonyl (C=O) groups excluding carboxylic acids is 1. The molecule has 0 unspecified atom stereocenters. The molecule has 1 aliphatic carbocycles. The van der Waals surface area contributed by atoms with Gasteiger partial charge in [0.15, 0.2) is 0 Å². The second-order valence-electron chi connectivity index (χ2n) is 4.79. The van der Waals surface area contributed by atoms with Crippen molar-refractivity contribution >= 4 is 23.5 Å². The van der Waals surface area contributed by atoms with Gasteiger partial charge in [0.2, 0.25) is 5.91 Å². The summed E-state index contributed by atoms with van der Waals surface area (Å²) < 4.78 is 0. The summed E-state index contributed by atoms with van der Waals surface area (Å²) in [7, 11) is 0. The van der Waals surface area contributed by atoms with Crippen LogP contribution in [0.25, 0.3) is 0 Å². The van der Waals surface area contributed by atoms with E-state index in [1.54, 1.807) is 6.07 Å². The maximum Gasteiger partial charge on any atom is 0.307 e. The van der Waals surface area contributed by atoms with Crippen LogP contribution in [0, 0.1) is 11.8 Å². The summed E-state index contributed by atoms with van der Waals surface area (Å²) in [6, 6.07) is 7.28. The number of aliphatic carboxylic acids is 1. The molecule has 19 heavy (non-hydrogen) atoms. The van der Waals surface area contributed by atoms with E-state index in [0.29, 0.717) is 24.4 Å². The molecule has 0 heterocycles. The number of benzene rings is 1. The Bertz CT molecular complexity index is 489. The molecule has 0 aromatic heterocycles. The highest BCUT2D eigenvalue weighted by molar-refractivity contribution is 6.31. The number of nitrogens with one attached hydrogen (secondary N) is 1. The van der Waals surface area contributed by atoms with Gasteiger partial charge in [0.25, 0.3) is 0 Å². The molecule has 2 atom stereocenters. The lowest BCUT2D eigenvalue weighted by Crippen LogP contribution is -2.34. The van der Waals surface area contributed by atoms with Gasteiger partial charge in [-0.2, -0.15) is 0 Å². The van der Waals surface area contributed by atoms with Gasteiger partial charge in [0, 0.05) is 11.6 Å². The molecule has 0 saturated heterocycles. The average Bonchev–Trinajstić information content (AvgIpc) is 2.87. The third kappa shape index (κ3) is 3.26. The minimum absolute atomic E-state index is 0.190. The zero-order chi connectivity index (χ0) is 13.8. The molecule has 2 rings (SSSR count). The van der Waals surface area contributed by atoms with Crippen molar-refractivity contribution in [1.29, 1.82) is 0 Å². The Morgan fingerprint density at radius 2 is 1.95 bits per heavy atom. The second-order valence-corrected chi connectivity index (χ2v) is 5.20. The lowest BCUT2D eigenvalue weighted by Gasteiger charge is -2.15. The van der Waals surface area contributed by atoms with E-state index in [1.165, 1.54) is 0 Å². The van der Waals surface area contributed by atoms with Gasteiger partial charge in [-0.05, 0) is 24.5 Å². The SMILES string of the molecule is O=C(O)[C@H]1CCC[C@H]1C(=O)NCc1ccccc1Cl. The number of rotatable bonds is 4. The number of carbonyl (C=O) groups is 2. The first-order valence-corrected chi connectivity index (χ1v) is 6.71. The van der Waals surface area contributed by atoms with Gasteiger partial charge in [-0.1, -0.05) is 36.2 Å². The van der Waals surface area contributed by atoms with E-state index in [0.717, 1.165) is 12.0 Å². The van der Waals surface area contributed by atoms with Crippen molar-refractivity contribution < 1.29 is 14.7 Å². The zero-order valence-electron chi connectivity index (χ0n) is 10.4. The third-order valence-electron chi connectivity index (χ3n) is 3.58. The molecule has 0 aliphatic heterocycles. The fourth-order valence-electron chi connectivity index (χ4n) is 2.52. The quantitative estimate of drug-likeness (QED) is 0.891. The molecule has 1 saturated carbocycles. The molecule has 4 nitrogen and oxygen atoms in total. The fraction of sp³-hybridized carbons (Fsp3) is 0.429. The van der Waals surface area contributed by atoms with Crippen LogP contribution in [0.1, 0.15) is 24.8 Å². The maximum atomic E-state index is 12.0. The van der Waals surface area contributed by atoms with Gasteiger partial charge >= 0.3 is 5.97 Å². The highest BCUT2D eigenvalue weighted by Crippen LogP contribution is 2.32. The number of carboxylic acid groups (broad SMARTS) is 1. The lowest BCUT2D eigenvalue weighted by molar-refractivity contribution is -0.146. The van der Waals surface area contributed by atoms with Crippen LogP contribution in [0.3, 0.4) is 0 Å². The van der Waals surface area contributed by atoms with E-state index in [-0.39, 0.29) is 5.91 Å². The monoisotopic (exact) mass is 281 g/mol. The van der Waals surface area contributed by atoms with Crippen molar-refractivity contribution in [1.82, 2.24) is 5.32 Å². The van der Waals surface area contributed by atoms with Crippen LogP contribution in [0.4, 0.5) is 0 Å². The van der Waals surface area contributed by atoms with Gasteiger partial charge in [0.1, 0.15) is 0 Å². The summed E-state index contributed by atoms with van der Waals surface area (Å²) >= 11 is 6.00. The summed E-state index contributed by atoms with van der Waals surface area (Å²) in [5, 5.41) is 12.4. The van der Waals surface area contributed by atoms with Crippen LogP contribution in [0.15, 0.2) is 24.3 Å². The van der Waals surface area contributed by atoms with E-state index in [4.69, 9.17) is 16.7 Å². The predicted octanol–water partition coefficient (Wildman–Crippen LogP) is 2.46. The fourth-order valence-corrected chi connectivity index (χ4v) is 2.73. The Balaban J connectivity index is 1.95. The Morgan fingerprint density at radius 1 is 1.26 bits per heavy atom. The largest absolute Gasteiger partial charge is 0.481 e. The smallest absolute Gasteiger partial charge is 0.307 e. The van der Waals surface area contributed by atoms with Gasteiger partial charge < -0.3 is 10.4 Å². The summed E-state index contributed by atoms with van der Waals surface area (Å²) in [5.41, 5.74) is 0.836. The Hall–Kier alpha value is -1.55. The first kappa shape index (κ1) is 13.9. The molecule has 1 aromatic carbocycles. The molecule has 2 N–H and O–H groups in total. The summed E-state index contributed by atoms with van der Waals surface area (Å²) in [6.07, 6.45) is 2.02. The van der Waals surface area contributed by atoms with Gasteiger partial charge in [-0.15, -0.1) is 0 Å². The van der Waals surface area contributed by atoms with Crippen molar-refractivity contribution in [2.45, 2.75) is 25.8 Å². The minimum atomic E-state index is -0.879. The number of hydrogen-bond acceptors (Lipinski definition) is 2. The van der Waals surface area contributed by atoms with Crippen LogP contribution >= 0.6 is 11.6 Å². The Labute approximate surface area is 116 Å². The van der Waals surface area contributed by atoms with Crippen LogP contribution in [0.2, 0.25) is 5.02 Å². The molecule has 0 spiro atoms. The second kappa shape index (κ2) is 6.06. The average molecular weight is 282 g/mol. The number of halogens is 1. The number of carboxylic acids is 1. The molecule has 0 bridgehead atoms. The summed E-state index contributed by atoms with van der Waals surface area (Å²) in [6.45, 7) is 0.335. The maximum absolute atomic E-state index is 12.0. The van der Waals surface area contributed by atoms with E-state index >= 15 is 0 Å². The molecule has 1 aromatic rings. The van der Waals surface area contributed by atoms with Crippen LogP contribution in [0.5, 0.6) is 0 Å². The van der Waals surface area contributed by atoms with E-state index in [1.807, 2.05) is 18.2 Å². The Morgan fingerprint density at radius 3 is 2.63 bits per heavy atom. The number of amides is 1. The van der Waals surface area contributed by atoms with Crippen molar-refractivity contribution in [3.63, 3.8) is 0 Å². The summed E-state index contributed by atoms with van der Waals surface area (Å²) in [5.74, 6) is -2.04. The molecule has 1 aliphatic rings. The first-order chi connectivity index (χ1) is 9.09. The topological polar surface area (TPSA) is 66.4 Å². The number of hydrogen-bond donors (Lipinski definition) is 2. The molecule has 0 radical (unpaired) electrons. The Kier molecular flexibility index (Phi) is 4.43. The van der Waals surface area contributed by atoms with Gasteiger partial charge in [-0.25, -0.2) is 0 Å². The normalized spacial score (nSPS) is 22.2. The van der Waals surface area contributed by atoms with E-state index in [9.17, 15) is 9.59 Å². The molecule has 1 amide bonds. The van der Waals surface area contributed by atoms with Crippen molar-refractivity contribution in [3.05, 3.63) is 34.9 Å². The minimum Gasteiger partial charge on any atom is -0.481 e. The third-order valence-corrected chi connectivity index (χ3v) is 3.95. The molecule has 1 fully saturated rings. The predicted molar refractivity (Wildman–Crippen MR) is 71.8 cm³/mol. The molecular formula is C14H16ClNO3. The first-order valence-electron chi connectivity index (χ1n) is 6.33. The van der Waals surface area contributed by atoms with Crippen LogP contribution in [-0.4, -0.2) is 17.0 Å². The van der Waals surface area contributed by atoms with E-state index < -0.39 is 17.8 Å². The summed E-state index contributed by atoms with van der Waals surface area (Å²) in [4.78, 5) is 23.1.